The van der Waals surface area contributed by atoms with Gasteiger partial charge in [-0.3, -0.25) is 0 Å². The van der Waals surface area contributed by atoms with Gasteiger partial charge >= 0.3 is 12.4 Å². The normalized spacial score (nSPS) is 11.7. The molecule has 0 spiro atoms. The summed E-state index contributed by atoms with van der Waals surface area (Å²) in [5, 5.41) is 6.76. The average molecular weight is 814 g/mol. The van der Waals surface area contributed by atoms with Gasteiger partial charge in [-0.25, -0.2) is 0 Å². The predicted octanol–water partition coefficient (Wildman–Crippen LogP) is 17.2. The Balaban J connectivity index is 0.000000234. The summed E-state index contributed by atoms with van der Waals surface area (Å²) in [6, 6.07) is 48.6. The smallest absolute Gasteiger partial charge is 0.310 e. The number of hydrogen-bond acceptors (Lipinski definition) is 1. The third kappa shape index (κ3) is 10.0. The fourth-order valence-electron chi connectivity index (χ4n) is 7.23. The van der Waals surface area contributed by atoms with Gasteiger partial charge in [0.05, 0.1) is 16.8 Å². The first-order valence-electron chi connectivity index (χ1n) is 20.0. The van der Waals surface area contributed by atoms with E-state index in [4.69, 9.17) is 0 Å². The minimum absolute atomic E-state index is 0.370. The second-order valence-electron chi connectivity index (χ2n) is 15.8. The maximum absolute atomic E-state index is 13.4. The van der Waals surface area contributed by atoms with Gasteiger partial charge in [-0.1, -0.05) is 142 Å². The number of nitrogens with zero attached hydrogens (tertiary/aromatic N) is 1. The molecule has 0 aliphatic heterocycles. The van der Waals surface area contributed by atoms with E-state index in [1.165, 1.54) is 39.8 Å². The van der Waals surface area contributed by atoms with Crippen LogP contribution in [0.4, 0.5) is 43.4 Å². The van der Waals surface area contributed by atoms with Crippen LogP contribution in [-0.4, -0.2) is 0 Å². The second-order valence-corrected chi connectivity index (χ2v) is 15.8. The van der Waals surface area contributed by atoms with E-state index in [0.717, 1.165) is 68.1 Å². The van der Waals surface area contributed by atoms with E-state index < -0.39 is 23.5 Å². The SMILES string of the molecule is Cc1cc2c3ccccc3c(N(c3ccc(C(C)C)cc3)c3ccc(C(F)(F)F)cc3)cc2c2ccccc12.Cc1ccc(C(C)C)cc1.Cc1ccc(C(F)(F)F)cc1. The Morgan fingerprint density at radius 3 is 1.18 bits per heavy atom. The Labute approximate surface area is 348 Å². The highest BCUT2D eigenvalue weighted by molar-refractivity contribution is 6.22. The van der Waals surface area contributed by atoms with Crippen LogP contribution in [0.2, 0.25) is 0 Å². The zero-order valence-electron chi connectivity index (χ0n) is 34.9. The van der Waals surface area contributed by atoms with Crippen molar-refractivity contribution in [2.45, 2.75) is 72.7 Å². The zero-order chi connectivity index (χ0) is 43.4. The molecule has 0 aromatic heterocycles. The molecule has 0 saturated heterocycles. The van der Waals surface area contributed by atoms with Crippen molar-refractivity contribution >= 4 is 49.4 Å². The van der Waals surface area contributed by atoms with Crippen LogP contribution in [0.15, 0.2) is 158 Å². The summed E-state index contributed by atoms with van der Waals surface area (Å²) in [5.41, 5.74) is 7.23. The number of anilines is 3. The first-order chi connectivity index (χ1) is 28.4. The number of hydrogen-bond donors (Lipinski definition) is 0. The highest BCUT2D eigenvalue weighted by atomic mass is 19.4. The third-order valence-corrected chi connectivity index (χ3v) is 10.7. The predicted molar refractivity (Wildman–Crippen MR) is 239 cm³/mol. The van der Waals surface area contributed by atoms with Gasteiger partial charge in [0.1, 0.15) is 0 Å². The van der Waals surface area contributed by atoms with Crippen LogP contribution >= 0.6 is 0 Å². The summed E-state index contributed by atoms with van der Waals surface area (Å²) in [7, 11) is 0. The molecule has 308 valence electrons. The van der Waals surface area contributed by atoms with E-state index in [1.54, 1.807) is 19.1 Å². The third-order valence-electron chi connectivity index (χ3n) is 10.7. The summed E-state index contributed by atoms with van der Waals surface area (Å²) < 4.78 is 76.1. The van der Waals surface area contributed by atoms with Crippen LogP contribution in [0.3, 0.4) is 0 Å². The van der Waals surface area contributed by atoms with Gasteiger partial charge in [0.25, 0.3) is 0 Å². The lowest BCUT2D eigenvalue weighted by atomic mass is 9.92. The van der Waals surface area contributed by atoms with Crippen LogP contribution in [0, 0.1) is 20.8 Å². The summed E-state index contributed by atoms with van der Waals surface area (Å²) in [6.07, 6.45) is -8.61. The molecule has 0 aliphatic rings. The van der Waals surface area contributed by atoms with Crippen LogP contribution in [0.25, 0.3) is 32.3 Å². The quantitative estimate of drug-likeness (QED) is 0.124. The molecule has 8 rings (SSSR count). The maximum Gasteiger partial charge on any atom is 0.416 e. The molecule has 0 N–H and O–H groups in total. The molecule has 0 bridgehead atoms. The summed E-state index contributed by atoms with van der Waals surface area (Å²) in [6.45, 7) is 14.7. The van der Waals surface area contributed by atoms with E-state index in [9.17, 15) is 26.3 Å². The molecule has 7 heteroatoms. The standard InChI is InChI=1S/C35H28F3N.C10H14.C8H7F3/c1-22(2)24-12-16-26(17-13-24)39(27-18-14-25(15-19-27)35(36,37)38)34-21-33-29-9-5-4-8-28(29)23(3)20-32(33)30-10-6-7-11-31(30)34;1-8(2)10-6-4-9(3)5-7-10;1-6-2-4-7(5-3-6)8(9,10)11/h4-22H,1-3H3;4-8H,1-3H3;2-5H,1H3. The highest BCUT2D eigenvalue weighted by Gasteiger charge is 2.31. The number of aryl methyl sites for hydroxylation is 3. The molecular weight excluding hydrogens is 765 g/mol. The number of rotatable bonds is 5. The Morgan fingerprint density at radius 2 is 0.733 bits per heavy atom. The molecule has 0 aliphatic carbocycles. The second kappa shape index (κ2) is 18.0. The number of halogens is 6. The first kappa shape index (κ1) is 43.5. The Bertz CT molecular complexity index is 2670. The first-order valence-corrected chi connectivity index (χ1v) is 20.0. The minimum atomic E-state index is -4.39. The number of benzene rings is 8. The van der Waals surface area contributed by atoms with Crippen molar-refractivity contribution in [2.75, 3.05) is 4.90 Å². The maximum atomic E-state index is 13.4. The van der Waals surface area contributed by atoms with E-state index in [0.29, 0.717) is 17.5 Å². The van der Waals surface area contributed by atoms with Crippen molar-refractivity contribution < 1.29 is 26.3 Å². The minimum Gasteiger partial charge on any atom is -0.310 e. The molecule has 8 aromatic rings. The molecule has 0 fully saturated rings. The lowest BCUT2D eigenvalue weighted by Gasteiger charge is -2.28. The topological polar surface area (TPSA) is 3.24 Å². The van der Waals surface area contributed by atoms with E-state index in [-0.39, 0.29) is 0 Å². The van der Waals surface area contributed by atoms with Crippen molar-refractivity contribution in [1.29, 1.82) is 0 Å². The molecule has 0 radical (unpaired) electrons. The molecule has 0 heterocycles. The van der Waals surface area contributed by atoms with E-state index in [2.05, 4.69) is 131 Å². The fourth-order valence-corrected chi connectivity index (χ4v) is 7.23. The Kier molecular flexibility index (Phi) is 13.1. The Morgan fingerprint density at radius 1 is 0.383 bits per heavy atom. The van der Waals surface area contributed by atoms with Crippen LogP contribution < -0.4 is 4.90 Å². The van der Waals surface area contributed by atoms with Gasteiger partial charge in [-0.15, -0.1) is 0 Å². The van der Waals surface area contributed by atoms with Crippen molar-refractivity contribution in [3.63, 3.8) is 0 Å². The van der Waals surface area contributed by atoms with Gasteiger partial charge in [-0.2, -0.15) is 26.3 Å². The van der Waals surface area contributed by atoms with E-state index in [1.807, 2.05) is 24.3 Å². The van der Waals surface area contributed by atoms with Crippen molar-refractivity contribution in [1.82, 2.24) is 0 Å². The lowest BCUT2D eigenvalue weighted by molar-refractivity contribution is -0.138. The van der Waals surface area contributed by atoms with Crippen molar-refractivity contribution in [3.05, 3.63) is 197 Å². The van der Waals surface area contributed by atoms with Crippen molar-refractivity contribution in [3.8, 4) is 0 Å². The van der Waals surface area contributed by atoms with Gasteiger partial charge in [0.15, 0.2) is 0 Å². The van der Waals surface area contributed by atoms with Gasteiger partial charge in [0, 0.05) is 16.8 Å². The molecule has 0 atom stereocenters. The lowest BCUT2D eigenvalue weighted by Crippen LogP contribution is -2.12. The zero-order valence-corrected chi connectivity index (χ0v) is 34.9. The molecule has 8 aromatic carbocycles. The van der Waals surface area contributed by atoms with Gasteiger partial charge in [0.2, 0.25) is 0 Å². The van der Waals surface area contributed by atoms with Crippen LogP contribution in [-0.2, 0) is 12.4 Å². The number of alkyl halides is 6. The highest BCUT2D eigenvalue weighted by Crippen LogP contribution is 2.45. The van der Waals surface area contributed by atoms with Crippen LogP contribution in [0.1, 0.15) is 78.5 Å². The van der Waals surface area contributed by atoms with Crippen LogP contribution in [0.5, 0.6) is 0 Å². The summed E-state index contributed by atoms with van der Waals surface area (Å²) in [5.74, 6) is 1.02. The molecule has 0 saturated carbocycles. The molecule has 60 heavy (non-hydrogen) atoms. The molecular formula is C53H49F6N. The molecule has 0 unspecified atom stereocenters. The number of fused-ring (bicyclic) bond motifs is 5. The summed E-state index contributed by atoms with van der Waals surface area (Å²) >= 11 is 0. The average Bonchev–Trinajstić information content (AvgIpc) is 3.22. The van der Waals surface area contributed by atoms with Gasteiger partial charge < -0.3 is 4.90 Å². The summed E-state index contributed by atoms with van der Waals surface area (Å²) in [4.78, 5) is 2.07. The largest absolute Gasteiger partial charge is 0.416 e. The van der Waals surface area contributed by atoms with Gasteiger partial charge in [-0.05, 0) is 131 Å². The molecule has 0 amide bonds. The molecule has 1 nitrogen and oxygen atoms in total. The van der Waals surface area contributed by atoms with Crippen molar-refractivity contribution in [2.24, 2.45) is 0 Å². The monoisotopic (exact) mass is 813 g/mol. The Hall–Kier alpha value is -6.08. The fraction of sp³-hybridized carbons (Fsp3) is 0.208. The van der Waals surface area contributed by atoms with E-state index >= 15 is 0 Å².